The fraction of sp³-hybridized carbons (Fsp3) is 0.385. The second kappa shape index (κ2) is 7.68. The number of thioether (sulfide) groups is 1. The predicted molar refractivity (Wildman–Crippen MR) is 73.6 cm³/mol. The van der Waals surface area contributed by atoms with Crippen LogP contribution in [0, 0.1) is 0 Å². The number of carbonyl (C=O) groups excluding carboxylic acids is 1. The summed E-state index contributed by atoms with van der Waals surface area (Å²) in [5.41, 5.74) is 0. The van der Waals surface area contributed by atoms with Crippen molar-refractivity contribution in [1.29, 1.82) is 0 Å². The number of nitrogens with zero attached hydrogens (tertiary/aromatic N) is 1. The van der Waals surface area contributed by atoms with E-state index in [0.717, 1.165) is 10.6 Å². The topological polar surface area (TPSA) is 66.8 Å². The second-order valence-corrected chi connectivity index (χ2v) is 4.82. The maximum atomic E-state index is 11.8. The molecule has 104 valence electrons. The molecule has 1 amide bonds. The minimum absolute atomic E-state index is 0.183. The minimum atomic E-state index is -0.999. The molecule has 0 aliphatic heterocycles. The van der Waals surface area contributed by atoms with E-state index in [-0.39, 0.29) is 18.2 Å². The van der Waals surface area contributed by atoms with Gasteiger partial charge in [-0.2, -0.15) is 0 Å². The molecule has 0 fully saturated rings. The second-order valence-electron chi connectivity index (χ2n) is 3.77. The summed E-state index contributed by atoms with van der Waals surface area (Å²) >= 11 is 1.36. The molecule has 0 atom stereocenters. The Labute approximate surface area is 116 Å². The van der Waals surface area contributed by atoms with Crippen molar-refractivity contribution in [2.45, 2.75) is 11.8 Å². The number of carbonyl (C=O) groups is 2. The molecule has 19 heavy (non-hydrogen) atoms. The number of rotatable bonds is 7. The number of ether oxygens (including phenoxy) is 1. The minimum Gasteiger partial charge on any atom is -0.497 e. The summed E-state index contributed by atoms with van der Waals surface area (Å²) in [6.07, 6.45) is 0. The molecule has 0 aromatic heterocycles. The third kappa shape index (κ3) is 5.21. The van der Waals surface area contributed by atoms with Crippen molar-refractivity contribution in [1.82, 2.24) is 4.90 Å². The van der Waals surface area contributed by atoms with E-state index in [1.165, 1.54) is 16.7 Å². The maximum absolute atomic E-state index is 11.8. The number of amides is 1. The number of carboxylic acids is 1. The van der Waals surface area contributed by atoms with E-state index in [1.54, 1.807) is 14.0 Å². The summed E-state index contributed by atoms with van der Waals surface area (Å²) in [6.45, 7) is 1.90. The van der Waals surface area contributed by atoms with Gasteiger partial charge in [0.25, 0.3) is 0 Å². The van der Waals surface area contributed by atoms with Crippen LogP contribution >= 0.6 is 11.8 Å². The summed E-state index contributed by atoms with van der Waals surface area (Å²) in [5.74, 6) is -0.233. The Hall–Kier alpha value is -1.69. The van der Waals surface area contributed by atoms with Gasteiger partial charge in [-0.15, -0.1) is 11.8 Å². The number of methoxy groups -OCH3 is 1. The Bertz CT molecular complexity index is 450. The maximum Gasteiger partial charge on any atom is 0.323 e. The molecule has 0 aliphatic rings. The number of aliphatic carboxylic acids is 1. The smallest absolute Gasteiger partial charge is 0.323 e. The number of carboxylic acid groups (broad SMARTS) is 1. The van der Waals surface area contributed by atoms with Gasteiger partial charge in [-0.25, -0.2) is 0 Å². The van der Waals surface area contributed by atoms with Gasteiger partial charge in [0.2, 0.25) is 5.91 Å². The van der Waals surface area contributed by atoms with E-state index in [0.29, 0.717) is 6.54 Å². The standard InChI is InChI=1S/C13H17NO4S/c1-3-14(8-13(16)17)12(15)9-19-11-6-4-5-10(7-11)18-2/h4-7H,3,8-9H2,1-2H3,(H,16,17). The lowest BCUT2D eigenvalue weighted by Gasteiger charge is -2.18. The first-order valence-electron chi connectivity index (χ1n) is 5.83. The predicted octanol–water partition coefficient (Wildman–Crippen LogP) is 1.72. The molecule has 0 aliphatic carbocycles. The van der Waals surface area contributed by atoms with Crippen LogP contribution < -0.4 is 4.74 Å². The Morgan fingerprint density at radius 1 is 1.42 bits per heavy atom. The average molecular weight is 283 g/mol. The van der Waals surface area contributed by atoms with Crippen LogP contribution in [0.1, 0.15) is 6.92 Å². The molecule has 0 saturated carbocycles. The first-order chi connectivity index (χ1) is 9.06. The van der Waals surface area contributed by atoms with Crippen molar-refractivity contribution in [2.75, 3.05) is 26.0 Å². The summed E-state index contributed by atoms with van der Waals surface area (Å²) < 4.78 is 5.10. The van der Waals surface area contributed by atoms with Gasteiger partial charge in [0.05, 0.1) is 12.9 Å². The van der Waals surface area contributed by atoms with Crippen LogP contribution in [0.5, 0.6) is 5.75 Å². The average Bonchev–Trinajstić information content (AvgIpc) is 2.42. The Morgan fingerprint density at radius 2 is 2.16 bits per heavy atom. The third-order valence-electron chi connectivity index (χ3n) is 2.46. The highest BCUT2D eigenvalue weighted by molar-refractivity contribution is 8.00. The van der Waals surface area contributed by atoms with Crippen molar-refractivity contribution in [3.05, 3.63) is 24.3 Å². The van der Waals surface area contributed by atoms with Crippen LogP contribution in [-0.2, 0) is 9.59 Å². The van der Waals surface area contributed by atoms with E-state index in [9.17, 15) is 9.59 Å². The van der Waals surface area contributed by atoms with E-state index in [2.05, 4.69) is 0 Å². The van der Waals surface area contributed by atoms with Crippen LogP contribution in [-0.4, -0.2) is 47.8 Å². The van der Waals surface area contributed by atoms with E-state index in [4.69, 9.17) is 9.84 Å². The van der Waals surface area contributed by atoms with Gasteiger partial charge in [0, 0.05) is 11.4 Å². The zero-order chi connectivity index (χ0) is 14.3. The van der Waals surface area contributed by atoms with Crippen LogP contribution in [0.2, 0.25) is 0 Å². The fourth-order valence-corrected chi connectivity index (χ4v) is 2.31. The van der Waals surface area contributed by atoms with Crippen molar-refractivity contribution >= 4 is 23.6 Å². The normalized spacial score (nSPS) is 10.0. The van der Waals surface area contributed by atoms with Gasteiger partial charge >= 0.3 is 5.97 Å². The fourth-order valence-electron chi connectivity index (χ4n) is 1.47. The third-order valence-corrected chi connectivity index (χ3v) is 3.44. The van der Waals surface area contributed by atoms with Gasteiger partial charge in [-0.3, -0.25) is 9.59 Å². The first-order valence-corrected chi connectivity index (χ1v) is 6.81. The molecule has 1 rings (SSSR count). The van der Waals surface area contributed by atoms with Crippen LogP contribution in [0.15, 0.2) is 29.2 Å². The lowest BCUT2D eigenvalue weighted by atomic mass is 10.3. The Balaban J connectivity index is 2.54. The van der Waals surface area contributed by atoms with Gasteiger partial charge in [0.1, 0.15) is 12.3 Å². The molecule has 1 aromatic rings. The number of hydrogen-bond donors (Lipinski definition) is 1. The molecule has 6 heteroatoms. The highest BCUT2D eigenvalue weighted by Crippen LogP contribution is 2.22. The highest BCUT2D eigenvalue weighted by atomic mass is 32.2. The van der Waals surface area contributed by atoms with Crippen molar-refractivity contribution in [3.63, 3.8) is 0 Å². The summed E-state index contributed by atoms with van der Waals surface area (Å²) in [4.78, 5) is 24.7. The lowest BCUT2D eigenvalue weighted by Crippen LogP contribution is -2.36. The van der Waals surface area contributed by atoms with Crippen molar-refractivity contribution in [2.24, 2.45) is 0 Å². The molecule has 0 radical (unpaired) electrons. The molecular weight excluding hydrogens is 266 g/mol. The number of benzene rings is 1. The quantitative estimate of drug-likeness (QED) is 0.772. The molecular formula is C13H17NO4S. The van der Waals surface area contributed by atoms with Gasteiger partial charge in [0.15, 0.2) is 0 Å². The lowest BCUT2D eigenvalue weighted by molar-refractivity contribution is -0.143. The van der Waals surface area contributed by atoms with Gasteiger partial charge in [-0.1, -0.05) is 6.07 Å². The molecule has 0 heterocycles. The molecule has 1 N–H and O–H groups in total. The number of likely N-dealkylation sites (N-methyl/N-ethyl adjacent to an activating group) is 1. The van der Waals surface area contributed by atoms with Gasteiger partial charge < -0.3 is 14.7 Å². The summed E-state index contributed by atoms with van der Waals surface area (Å²) in [5, 5.41) is 8.70. The molecule has 1 aromatic carbocycles. The summed E-state index contributed by atoms with van der Waals surface area (Å²) in [6, 6.07) is 7.40. The summed E-state index contributed by atoms with van der Waals surface area (Å²) in [7, 11) is 1.58. The van der Waals surface area contributed by atoms with Crippen molar-refractivity contribution < 1.29 is 19.4 Å². The van der Waals surface area contributed by atoms with Crippen LogP contribution in [0.25, 0.3) is 0 Å². The SMILES string of the molecule is CCN(CC(=O)O)C(=O)CSc1cccc(OC)c1. The largest absolute Gasteiger partial charge is 0.497 e. The highest BCUT2D eigenvalue weighted by Gasteiger charge is 2.14. The Kier molecular flexibility index (Phi) is 6.21. The van der Waals surface area contributed by atoms with Crippen LogP contribution in [0.4, 0.5) is 0 Å². The molecule has 0 bridgehead atoms. The molecule has 0 unspecified atom stereocenters. The zero-order valence-electron chi connectivity index (χ0n) is 11.0. The van der Waals surface area contributed by atoms with E-state index < -0.39 is 5.97 Å². The van der Waals surface area contributed by atoms with Gasteiger partial charge in [-0.05, 0) is 25.1 Å². The van der Waals surface area contributed by atoms with Crippen LogP contribution in [0.3, 0.4) is 0 Å². The first kappa shape index (κ1) is 15.4. The van der Waals surface area contributed by atoms with Crippen molar-refractivity contribution in [3.8, 4) is 5.75 Å². The number of hydrogen-bond acceptors (Lipinski definition) is 4. The molecule has 5 nitrogen and oxygen atoms in total. The van der Waals surface area contributed by atoms with E-state index in [1.807, 2.05) is 24.3 Å². The Morgan fingerprint density at radius 3 is 2.74 bits per heavy atom. The molecule has 0 spiro atoms. The monoisotopic (exact) mass is 283 g/mol. The zero-order valence-corrected chi connectivity index (χ0v) is 11.8. The molecule has 0 saturated heterocycles. The van der Waals surface area contributed by atoms with E-state index >= 15 is 0 Å².